The Labute approximate surface area is 260 Å². The van der Waals surface area contributed by atoms with Gasteiger partial charge in [-0.3, -0.25) is 0 Å². The van der Waals surface area contributed by atoms with E-state index in [0.29, 0.717) is 11.5 Å². The molecule has 0 aromatic heterocycles. The van der Waals surface area contributed by atoms with E-state index >= 15 is 0 Å². The predicted molar refractivity (Wildman–Crippen MR) is 191 cm³/mol. The van der Waals surface area contributed by atoms with Gasteiger partial charge in [0.15, 0.2) is 9.04 Å². The quantitative estimate of drug-likeness (QED) is 0.0910. The van der Waals surface area contributed by atoms with Crippen molar-refractivity contribution in [2.24, 2.45) is 5.41 Å². The SMILES string of the molecule is Br.CCCCCCCCCCCC(O[SiH](C)C)C(C)(C)C.c1ccc(P(c2ccccc2)c2ccccc2)cc1. The Morgan fingerprint density at radius 1 is 0.600 bits per heavy atom. The highest BCUT2D eigenvalue weighted by Gasteiger charge is 2.25. The number of rotatable bonds is 15. The maximum atomic E-state index is 6.23. The molecule has 0 bridgehead atoms. The van der Waals surface area contributed by atoms with E-state index in [2.05, 4.69) is 132 Å². The maximum absolute atomic E-state index is 6.23. The van der Waals surface area contributed by atoms with Crippen molar-refractivity contribution >= 4 is 49.9 Å². The lowest BCUT2D eigenvalue weighted by atomic mass is 9.86. The van der Waals surface area contributed by atoms with Crippen molar-refractivity contribution in [2.75, 3.05) is 0 Å². The van der Waals surface area contributed by atoms with Crippen molar-refractivity contribution in [3.8, 4) is 0 Å². The van der Waals surface area contributed by atoms with Crippen LogP contribution in [-0.2, 0) is 4.43 Å². The summed E-state index contributed by atoms with van der Waals surface area (Å²) in [6.45, 7) is 13.8. The Kier molecular flexibility index (Phi) is 19.7. The zero-order chi connectivity index (χ0) is 28.3. The number of benzene rings is 3. The van der Waals surface area contributed by atoms with Crippen LogP contribution in [-0.4, -0.2) is 15.1 Å². The standard InChI is InChI=1S/C18H40OSi.C18H15P.BrH/c1-7-8-9-10-11-12-13-14-15-16-17(18(2,3)4)19-20(5)6;1-4-10-16(11-5-1)19(17-12-6-2-7-13-17)18-14-8-3-9-15-18;/h17,20H,7-16H2,1-6H3;1-15H;1H. The Morgan fingerprint density at radius 2 is 0.950 bits per heavy atom. The number of halogens is 1. The second-order valence-corrected chi connectivity index (χ2v) is 16.6. The first-order chi connectivity index (χ1) is 18.8. The molecule has 3 aromatic rings. The van der Waals surface area contributed by atoms with Gasteiger partial charge in [-0.2, -0.15) is 0 Å². The molecule has 3 rings (SSSR count). The van der Waals surface area contributed by atoms with Gasteiger partial charge in [0.2, 0.25) is 0 Å². The van der Waals surface area contributed by atoms with Crippen LogP contribution in [0.15, 0.2) is 91.0 Å². The molecule has 1 unspecified atom stereocenters. The van der Waals surface area contributed by atoms with Crippen LogP contribution >= 0.6 is 24.9 Å². The van der Waals surface area contributed by atoms with Gasteiger partial charge in [-0.1, -0.05) is 176 Å². The number of unbranched alkanes of at least 4 members (excludes halogenated alkanes) is 8. The molecule has 0 saturated heterocycles. The second kappa shape index (κ2) is 21.5. The van der Waals surface area contributed by atoms with Crippen molar-refractivity contribution in [3.63, 3.8) is 0 Å². The smallest absolute Gasteiger partial charge is 0.171 e. The molecular weight excluding hydrogens is 587 g/mol. The maximum Gasteiger partial charge on any atom is 0.171 e. The van der Waals surface area contributed by atoms with E-state index in [9.17, 15) is 0 Å². The Morgan fingerprint density at radius 3 is 1.27 bits per heavy atom. The molecule has 0 amide bonds. The van der Waals surface area contributed by atoms with Crippen molar-refractivity contribution < 1.29 is 4.43 Å². The van der Waals surface area contributed by atoms with E-state index in [0.717, 1.165) is 0 Å². The fourth-order valence-electron chi connectivity index (χ4n) is 4.85. The first-order valence-electron chi connectivity index (χ1n) is 15.4. The molecule has 0 saturated carbocycles. The van der Waals surface area contributed by atoms with Crippen LogP contribution in [0.1, 0.15) is 91.9 Å². The first-order valence-corrected chi connectivity index (χ1v) is 19.6. The Balaban J connectivity index is 0.000000390. The third kappa shape index (κ3) is 15.1. The second-order valence-electron chi connectivity index (χ2n) is 12.0. The molecule has 222 valence electrons. The third-order valence-corrected chi connectivity index (χ3v) is 10.3. The fourth-order valence-corrected chi connectivity index (χ4v) is 8.36. The van der Waals surface area contributed by atoms with Crippen LogP contribution < -0.4 is 15.9 Å². The Hall–Kier alpha value is -1.25. The summed E-state index contributed by atoms with van der Waals surface area (Å²) in [5.74, 6) is 0. The molecule has 0 spiro atoms. The van der Waals surface area contributed by atoms with E-state index in [-0.39, 0.29) is 17.0 Å². The largest absolute Gasteiger partial charge is 0.417 e. The lowest BCUT2D eigenvalue weighted by Crippen LogP contribution is -2.33. The Bertz CT molecular complexity index is 882. The summed E-state index contributed by atoms with van der Waals surface area (Å²) in [6, 6.07) is 32.3. The van der Waals surface area contributed by atoms with Crippen molar-refractivity contribution in [3.05, 3.63) is 91.0 Å². The van der Waals surface area contributed by atoms with Crippen molar-refractivity contribution in [1.29, 1.82) is 0 Å². The lowest BCUT2D eigenvalue weighted by molar-refractivity contribution is 0.0759. The third-order valence-electron chi connectivity index (χ3n) is 7.02. The minimum absolute atomic E-state index is 0. The average Bonchev–Trinajstić information content (AvgIpc) is 2.93. The normalized spacial score (nSPS) is 12.0. The zero-order valence-electron chi connectivity index (χ0n) is 26.1. The minimum atomic E-state index is -0.910. The van der Waals surface area contributed by atoms with Gasteiger partial charge >= 0.3 is 0 Å². The molecule has 3 aromatic carbocycles. The number of hydrogen-bond acceptors (Lipinski definition) is 1. The van der Waals surface area contributed by atoms with Gasteiger partial charge in [0.25, 0.3) is 0 Å². The van der Waals surface area contributed by atoms with Crippen molar-refractivity contribution in [1.82, 2.24) is 0 Å². The van der Waals surface area contributed by atoms with Gasteiger partial charge in [0, 0.05) is 6.10 Å². The van der Waals surface area contributed by atoms with Gasteiger partial charge in [-0.25, -0.2) is 0 Å². The summed E-state index contributed by atoms with van der Waals surface area (Å²) in [5.41, 5.74) is 0.303. The van der Waals surface area contributed by atoms with E-state index in [1.54, 1.807) is 0 Å². The molecule has 0 fully saturated rings. The molecule has 40 heavy (non-hydrogen) atoms. The molecule has 0 aliphatic heterocycles. The molecule has 4 heteroatoms. The highest BCUT2D eigenvalue weighted by atomic mass is 79.9. The van der Waals surface area contributed by atoms with Crippen LogP contribution in [0.3, 0.4) is 0 Å². The summed E-state index contributed by atoms with van der Waals surface area (Å²) in [4.78, 5) is 0. The molecule has 0 radical (unpaired) electrons. The molecular formula is C36H56BrOPSi. The van der Waals surface area contributed by atoms with E-state index in [1.807, 2.05) is 0 Å². The fraction of sp³-hybridized carbons (Fsp3) is 0.500. The van der Waals surface area contributed by atoms with Gasteiger partial charge < -0.3 is 4.43 Å². The molecule has 0 heterocycles. The van der Waals surface area contributed by atoms with Gasteiger partial charge in [-0.05, 0) is 48.8 Å². The topological polar surface area (TPSA) is 9.23 Å². The van der Waals surface area contributed by atoms with Gasteiger partial charge in [-0.15, -0.1) is 17.0 Å². The summed E-state index contributed by atoms with van der Waals surface area (Å²) in [7, 11) is -1.36. The summed E-state index contributed by atoms with van der Waals surface area (Å²) in [5, 5.41) is 4.19. The molecule has 1 atom stereocenters. The lowest BCUT2D eigenvalue weighted by Gasteiger charge is -2.32. The van der Waals surface area contributed by atoms with E-state index in [1.165, 1.54) is 80.1 Å². The average molecular weight is 644 g/mol. The highest BCUT2D eigenvalue weighted by Crippen LogP contribution is 2.32. The molecule has 0 aliphatic carbocycles. The zero-order valence-corrected chi connectivity index (χ0v) is 29.9. The highest BCUT2D eigenvalue weighted by molar-refractivity contribution is 8.93. The van der Waals surface area contributed by atoms with Gasteiger partial charge in [0.1, 0.15) is 0 Å². The van der Waals surface area contributed by atoms with Crippen LogP contribution in [0.4, 0.5) is 0 Å². The molecule has 1 nitrogen and oxygen atoms in total. The summed E-state index contributed by atoms with van der Waals surface area (Å²) >= 11 is 0. The van der Waals surface area contributed by atoms with Crippen LogP contribution in [0.25, 0.3) is 0 Å². The van der Waals surface area contributed by atoms with Crippen LogP contribution in [0, 0.1) is 5.41 Å². The van der Waals surface area contributed by atoms with Crippen molar-refractivity contribution in [2.45, 2.75) is 111 Å². The molecule has 0 N–H and O–H groups in total. The monoisotopic (exact) mass is 642 g/mol. The minimum Gasteiger partial charge on any atom is -0.417 e. The predicted octanol–water partition coefficient (Wildman–Crippen LogP) is 10.3. The van der Waals surface area contributed by atoms with E-state index < -0.39 is 17.0 Å². The van der Waals surface area contributed by atoms with E-state index in [4.69, 9.17) is 4.43 Å². The summed E-state index contributed by atoms with van der Waals surface area (Å²) in [6.07, 6.45) is 14.4. The van der Waals surface area contributed by atoms with Gasteiger partial charge in [0.05, 0.1) is 0 Å². The number of hydrogen-bond donors (Lipinski definition) is 0. The molecule has 0 aliphatic rings. The van der Waals surface area contributed by atoms with Crippen LogP contribution in [0.5, 0.6) is 0 Å². The first kappa shape index (κ1) is 36.8. The summed E-state index contributed by atoms with van der Waals surface area (Å²) < 4.78 is 6.23. The van der Waals surface area contributed by atoms with Crippen LogP contribution in [0.2, 0.25) is 13.1 Å².